The number of nitrogens with two attached hydrogens (primary N) is 1. The number of fused-ring (bicyclic) bond motifs is 2. The summed E-state index contributed by atoms with van der Waals surface area (Å²) in [5, 5.41) is 22.2. The van der Waals surface area contributed by atoms with Gasteiger partial charge in [0, 0.05) is 47.6 Å². The number of aryl methyl sites for hydroxylation is 1. The standard InChI is InChI=1S/C29H27Cl3F2N6O2S/c1-4-17(42)39-7-8-40-14(10-39)11-43-28-20(29(40)36)27(38-25-12(2)5-6-37-26(25)13(3)41)23(34)18(21(28)32)19-22(33)15(30)9-16(31)24(19)35/h4-6,9,13-14,36,38,41H,1,7-8,10-11,35H2,2-3H3. The molecule has 14 heteroatoms. The molecule has 0 spiro atoms. The maximum absolute atomic E-state index is 17.0. The summed E-state index contributed by atoms with van der Waals surface area (Å²) in [7, 11) is 0. The lowest BCUT2D eigenvalue weighted by molar-refractivity contribution is -0.128. The molecule has 2 aromatic carbocycles. The molecule has 2 aliphatic rings. The summed E-state index contributed by atoms with van der Waals surface area (Å²) in [6.45, 7) is 7.79. The van der Waals surface area contributed by atoms with Crippen molar-refractivity contribution >= 4 is 75.4 Å². The molecule has 5 N–H and O–H groups in total. The summed E-state index contributed by atoms with van der Waals surface area (Å²) in [6.07, 6.45) is 1.73. The molecule has 1 amide bonds. The first-order valence-electron chi connectivity index (χ1n) is 13.2. The monoisotopic (exact) mass is 666 g/mol. The molecule has 226 valence electrons. The number of halogens is 5. The molecular formula is C29H27Cl3F2N6O2S. The SMILES string of the molecule is C=CC(=O)N1CCN2C(=N)c3c(Nc4c(C)ccnc4C(C)O)c(F)c(-c4c(N)c(Cl)cc(Cl)c4F)c(Cl)c3SCC2C1. The Labute approximate surface area is 266 Å². The van der Waals surface area contributed by atoms with E-state index in [0.717, 1.165) is 6.07 Å². The molecule has 2 atom stereocenters. The van der Waals surface area contributed by atoms with Gasteiger partial charge >= 0.3 is 0 Å². The van der Waals surface area contributed by atoms with Crippen LogP contribution in [0.2, 0.25) is 15.1 Å². The number of amidine groups is 1. The van der Waals surface area contributed by atoms with Crippen LogP contribution < -0.4 is 11.1 Å². The number of nitrogens with one attached hydrogen (secondary N) is 2. The van der Waals surface area contributed by atoms with Crippen LogP contribution in [0.4, 0.5) is 25.8 Å². The molecule has 2 aliphatic heterocycles. The molecule has 0 bridgehead atoms. The van der Waals surface area contributed by atoms with E-state index in [2.05, 4.69) is 16.9 Å². The van der Waals surface area contributed by atoms with Crippen molar-refractivity contribution in [2.45, 2.75) is 30.9 Å². The Bertz CT molecular complexity index is 1660. The smallest absolute Gasteiger partial charge is 0.246 e. The van der Waals surface area contributed by atoms with E-state index in [0.29, 0.717) is 41.5 Å². The fourth-order valence-corrected chi connectivity index (χ4v) is 7.46. The van der Waals surface area contributed by atoms with Gasteiger partial charge in [0.1, 0.15) is 5.84 Å². The van der Waals surface area contributed by atoms with Crippen LogP contribution in [0.15, 0.2) is 35.9 Å². The van der Waals surface area contributed by atoms with Crippen molar-refractivity contribution in [3.05, 3.63) is 74.5 Å². The van der Waals surface area contributed by atoms with E-state index < -0.39 is 23.3 Å². The summed E-state index contributed by atoms with van der Waals surface area (Å²) in [5.74, 6) is -1.91. The molecule has 3 heterocycles. The van der Waals surface area contributed by atoms with Crippen molar-refractivity contribution in [3.8, 4) is 11.1 Å². The van der Waals surface area contributed by atoms with Crippen LogP contribution in [0.5, 0.6) is 0 Å². The Hall–Kier alpha value is -3.09. The summed E-state index contributed by atoms with van der Waals surface area (Å²) < 4.78 is 32.6. The molecule has 1 fully saturated rings. The lowest BCUT2D eigenvalue weighted by Gasteiger charge is -2.41. The average molecular weight is 668 g/mol. The van der Waals surface area contributed by atoms with Crippen molar-refractivity contribution < 1.29 is 18.7 Å². The molecular weight excluding hydrogens is 641 g/mol. The summed E-state index contributed by atoms with van der Waals surface area (Å²) in [4.78, 5) is 20.4. The van der Waals surface area contributed by atoms with Crippen LogP contribution in [0.25, 0.3) is 11.1 Å². The van der Waals surface area contributed by atoms with Crippen molar-refractivity contribution in [3.63, 3.8) is 0 Å². The first kappa shape index (κ1) is 31.3. The van der Waals surface area contributed by atoms with Gasteiger partial charge in [0.05, 0.1) is 55.5 Å². The van der Waals surface area contributed by atoms with E-state index in [1.165, 1.54) is 31.0 Å². The summed E-state index contributed by atoms with van der Waals surface area (Å²) in [6, 6.07) is 2.49. The van der Waals surface area contributed by atoms with Crippen LogP contribution in [-0.4, -0.2) is 63.1 Å². The van der Waals surface area contributed by atoms with E-state index in [9.17, 15) is 15.3 Å². The molecule has 0 saturated carbocycles. The molecule has 1 saturated heterocycles. The van der Waals surface area contributed by atoms with Gasteiger partial charge in [-0.05, 0) is 37.6 Å². The van der Waals surface area contributed by atoms with E-state index >= 15 is 8.78 Å². The molecule has 0 radical (unpaired) electrons. The minimum Gasteiger partial charge on any atom is -0.397 e. The highest BCUT2D eigenvalue weighted by atomic mass is 35.5. The lowest BCUT2D eigenvalue weighted by atomic mass is 9.97. The number of pyridine rings is 1. The number of hydrogen-bond donors (Lipinski definition) is 4. The Kier molecular flexibility index (Phi) is 8.84. The summed E-state index contributed by atoms with van der Waals surface area (Å²) in [5.41, 5.74) is 6.24. The number of thioether (sulfide) groups is 1. The van der Waals surface area contributed by atoms with Crippen LogP contribution in [0, 0.1) is 24.0 Å². The predicted molar refractivity (Wildman–Crippen MR) is 169 cm³/mol. The molecule has 5 rings (SSSR count). The zero-order valence-corrected chi connectivity index (χ0v) is 26.2. The number of piperazine rings is 1. The third kappa shape index (κ3) is 5.42. The number of anilines is 3. The number of carbonyl (C=O) groups is 1. The fraction of sp³-hybridized carbons (Fsp3) is 0.276. The molecule has 3 aromatic rings. The molecule has 2 unspecified atom stereocenters. The fourth-order valence-electron chi connectivity index (χ4n) is 5.35. The van der Waals surface area contributed by atoms with Gasteiger partial charge in [-0.15, -0.1) is 11.8 Å². The number of aromatic nitrogens is 1. The normalized spacial score (nSPS) is 17.2. The predicted octanol–water partition coefficient (Wildman–Crippen LogP) is 6.80. The number of benzene rings is 2. The van der Waals surface area contributed by atoms with Gasteiger partial charge in [-0.25, -0.2) is 8.78 Å². The number of nitrogens with zero attached hydrogens (tertiary/aromatic N) is 3. The van der Waals surface area contributed by atoms with Gasteiger partial charge in [0.15, 0.2) is 11.6 Å². The summed E-state index contributed by atoms with van der Waals surface area (Å²) >= 11 is 20.5. The highest BCUT2D eigenvalue weighted by molar-refractivity contribution is 7.99. The Morgan fingerprint density at radius 3 is 2.63 bits per heavy atom. The van der Waals surface area contributed by atoms with E-state index in [1.807, 2.05) is 0 Å². The second kappa shape index (κ2) is 12.1. The highest BCUT2D eigenvalue weighted by Gasteiger charge is 2.39. The van der Waals surface area contributed by atoms with Crippen LogP contribution in [0.1, 0.15) is 29.8 Å². The van der Waals surface area contributed by atoms with Gasteiger partial charge in [0.25, 0.3) is 0 Å². The van der Waals surface area contributed by atoms with Gasteiger partial charge in [-0.1, -0.05) is 41.4 Å². The molecule has 8 nitrogen and oxygen atoms in total. The first-order chi connectivity index (χ1) is 20.4. The largest absolute Gasteiger partial charge is 0.397 e. The lowest BCUT2D eigenvalue weighted by Crippen LogP contribution is -2.56. The van der Waals surface area contributed by atoms with E-state index in [4.69, 9.17) is 40.5 Å². The van der Waals surface area contributed by atoms with Crippen LogP contribution >= 0.6 is 46.6 Å². The number of amides is 1. The highest BCUT2D eigenvalue weighted by Crippen LogP contribution is 2.51. The molecule has 1 aromatic heterocycles. The van der Waals surface area contributed by atoms with Gasteiger partial charge in [-0.3, -0.25) is 15.2 Å². The third-order valence-corrected chi connectivity index (χ3v) is 9.87. The van der Waals surface area contributed by atoms with Crippen molar-refractivity contribution in [2.24, 2.45) is 0 Å². The quantitative estimate of drug-likeness (QED) is 0.134. The average Bonchev–Trinajstić information content (AvgIpc) is 3.12. The van der Waals surface area contributed by atoms with Crippen LogP contribution in [0.3, 0.4) is 0 Å². The molecule has 43 heavy (non-hydrogen) atoms. The number of nitrogen functional groups attached to an aromatic ring is 1. The van der Waals surface area contributed by atoms with E-state index in [-0.39, 0.29) is 61.0 Å². The Morgan fingerprint density at radius 1 is 1.23 bits per heavy atom. The topological polar surface area (TPSA) is 119 Å². The number of aliphatic hydroxyl groups excluding tert-OH is 1. The van der Waals surface area contributed by atoms with Gasteiger partial charge in [-0.2, -0.15) is 0 Å². The Morgan fingerprint density at radius 2 is 1.95 bits per heavy atom. The second-order valence-corrected chi connectivity index (χ2v) is 12.4. The minimum absolute atomic E-state index is 0.0386. The van der Waals surface area contributed by atoms with Crippen molar-refractivity contribution in [1.82, 2.24) is 14.8 Å². The van der Waals surface area contributed by atoms with Crippen molar-refractivity contribution in [1.29, 1.82) is 5.41 Å². The maximum Gasteiger partial charge on any atom is 0.246 e. The zero-order valence-electron chi connectivity index (χ0n) is 23.1. The van der Waals surface area contributed by atoms with Gasteiger partial charge < -0.3 is 26.0 Å². The molecule has 0 aliphatic carbocycles. The van der Waals surface area contributed by atoms with Crippen LogP contribution in [-0.2, 0) is 4.79 Å². The zero-order chi connectivity index (χ0) is 31.3. The van der Waals surface area contributed by atoms with E-state index in [1.54, 1.807) is 22.8 Å². The number of aliphatic hydroxyl groups is 1. The third-order valence-electron chi connectivity index (χ3n) is 7.54. The second-order valence-electron chi connectivity index (χ2n) is 10.2. The maximum atomic E-state index is 17.0. The van der Waals surface area contributed by atoms with Gasteiger partial charge in [0.2, 0.25) is 5.91 Å². The number of hydrogen-bond acceptors (Lipinski definition) is 7. The Balaban J connectivity index is 1.79. The van der Waals surface area contributed by atoms with Crippen molar-refractivity contribution in [2.75, 3.05) is 36.4 Å². The first-order valence-corrected chi connectivity index (χ1v) is 15.3. The number of rotatable bonds is 5. The number of carbonyl (C=O) groups excluding carboxylic acids is 1. The minimum atomic E-state index is -1.02.